The second-order valence-corrected chi connectivity index (χ2v) is 6.49. The first kappa shape index (κ1) is 17.4. The third-order valence-electron chi connectivity index (χ3n) is 4.79. The van der Waals surface area contributed by atoms with E-state index in [0.29, 0.717) is 12.5 Å². The van der Waals surface area contributed by atoms with Crippen LogP contribution < -0.4 is 9.64 Å². The molecule has 2 fully saturated rings. The van der Waals surface area contributed by atoms with E-state index >= 15 is 0 Å². The minimum Gasteiger partial charge on any atom is -0.493 e. The van der Waals surface area contributed by atoms with Gasteiger partial charge < -0.3 is 34.8 Å². The van der Waals surface area contributed by atoms with Crippen LogP contribution in [0.5, 0.6) is 5.75 Å². The number of piperidine rings is 1. The normalized spacial score (nSPS) is 33.7. The Bertz CT molecular complexity index is 518. The van der Waals surface area contributed by atoms with Crippen molar-refractivity contribution >= 4 is 5.69 Å². The quantitative estimate of drug-likeness (QED) is 0.566. The van der Waals surface area contributed by atoms with E-state index < -0.39 is 24.4 Å². The standard InChI is InChI=1S/C17H25NO6/c19-8-14-16(21)17(22)15(20)7-18(14)12-1-3-13(4-2-12)24-10-11-5-6-23-9-11/h1-4,11,14-17,19-22H,5-10H2/t11?,14-,15-,16+,17+/m0/s1. The maximum Gasteiger partial charge on any atom is 0.119 e. The number of ether oxygens (including phenoxy) is 2. The van der Waals surface area contributed by atoms with Gasteiger partial charge in [0.2, 0.25) is 0 Å². The smallest absolute Gasteiger partial charge is 0.119 e. The Labute approximate surface area is 141 Å². The fourth-order valence-corrected chi connectivity index (χ4v) is 3.25. The van der Waals surface area contributed by atoms with Gasteiger partial charge in [0.1, 0.15) is 18.0 Å². The minimum absolute atomic E-state index is 0.142. The van der Waals surface area contributed by atoms with E-state index in [1.165, 1.54) is 0 Å². The highest BCUT2D eigenvalue weighted by Crippen LogP contribution is 2.27. The summed E-state index contributed by atoms with van der Waals surface area (Å²) < 4.78 is 11.1. The SMILES string of the molecule is OC[C@H]1[C@@H](O)[C@H](O)[C@@H](O)CN1c1ccc(OCC2CCOC2)cc1. The van der Waals surface area contributed by atoms with Crippen LogP contribution in [-0.4, -0.2) is 77.8 Å². The van der Waals surface area contributed by atoms with Crippen LogP contribution in [0.25, 0.3) is 0 Å². The van der Waals surface area contributed by atoms with Crippen molar-refractivity contribution in [3.05, 3.63) is 24.3 Å². The lowest BCUT2D eigenvalue weighted by molar-refractivity contribution is -0.0902. The maximum absolute atomic E-state index is 10.1. The molecule has 7 heteroatoms. The largest absolute Gasteiger partial charge is 0.493 e. The lowest BCUT2D eigenvalue weighted by Crippen LogP contribution is -2.62. The van der Waals surface area contributed by atoms with Gasteiger partial charge in [-0.15, -0.1) is 0 Å². The first-order valence-electron chi connectivity index (χ1n) is 8.32. The average Bonchev–Trinajstić information content (AvgIpc) is 3.12. The minimum atomic E-state index is -1.25. The highest BCUT2D eigenvalue weighted by molar-refractivity contribution is 5.51. The molecule has 0 aromatic heterocycles. The summed E-state index contributed by atoms with van der Waals surface area (Å²) >= 11 is 0. The lowest BCUT2D eigenvalue weighted by atomic mass is 9.93. The summed E-state index contributed by atoms with van der Waals surface area (Å²) in [6.07, 6.45) is -2.52. The Morgan fingerprint density at radius 2 is 1.88 bits per heavy atom. The molecule has 2 heterocycles. The predicted octanol–water partition coefficient (Wildman–Crippen LogP) is -0.634. The van der Waals surface area contributed by atoms with Crippen LogP contribution in [0.4, 0.5) is 5.69 Å². The van der Waals surface area contributed by atoms with Gasteiger partial charge in [0, 0.05) is 24.8 Å². The van der Waals surface area contributed by atoms with E-state index in [9.17, 15) is 20.4 Å². The van der Waals surface area contributed by atoms with Crippen LogP contribution in [0.15, 0.2) is 24.3 Å². The summed E-state index contributed by atoms with van der Waals surface area (Å²) in [5.74, 6) is 1.17. The maximum atomic E-state index is 10.1. The van der Waals surface area contributed by atoms with Gasteiger partial charge in [-0.3, -0.25) is 0 Å². The molecule has 0 bridgehead atoms. The lowest BCUT2D eigenvalue weighted by Gasteiger charge is -2.44. The average molecular weight is 339 g/mol. The van der Waals surface area contributed by atoms with Gasteiger partial charge in [-0.25, -0.2) is 0 Å². The van der Waals surface area contributed by atoms with Gasteiger partial charge in [0.05, 0.1) is 32.0 Å². The molecule has 0 saturated carbocycles. The monoisotopic (exact) mass is 339 g/mol. The molecule has 0 amide bonds. The number of aliphatic hydroxyl groups is 4. The molecule has 1 aromatic carbocycles. The van der Waals surface area contributed by atoms with Gasteiger partial charge in [0.15, 0.2) is 0 Å². The zero-order valence-electron chi connectivity index (χ0n) is 13.5. The van der Waals surface area contributed by atoms with Crippen molar-refractivity contribution < 1.29 is 29.9 Å². The first-order valence-corrected chi connectivity index (χ1v) is 8.32. The second-order valence-electron chi connectivity index (χ2n) is 6.49. The van der Waals surface area contributed by atoms with Crippen LogP contribution in [0.2, 0.25) is 0 Å². The van der Waals surface area contributed by atoms with Crippen LogP contribution >= 0.6 is 0 Å². The Morgan fingerprint density at radius 3 is 2.50 bits per heavy atom. The van der Waals surface area contributed by atoms with Crippen molar-refractivity contribution in [1.29, 1.82) is 0 Å². The number of β-amino-alcohol motifs (C(OH)–C–C–N with tert-alkyl or cyclic N) is 1. The Hall–Kier alpha value is -1.38. The summed E-state index contributed by atoms with van der Waals surface area (Å²) in [5, 5.41) is 39.2. The molecule has 4 N–H and O–H groups in total. The fourth-order valence-electron chi connectivity index (χ4n) is 3.25. The summed E-state index contributed by atoms with van der Waals surface area (Å²) in [5.41, 5.74) is 0.746. The molecule has 1 unspecified atom stereocenters. The molecule has 5 atom stereocenters. The van der Waals surface area contributed by atoms with E-state index in [1.54, 1.807) is 4.90 Å². The van der Waals surface area contributed by atoms with Gasteiger partial charge in [-0.05, 0) is 30.7 Å². The van der Waals surface area contributed by atoms with Crippen molar-refractivity contribution in [2.24, 2.45) is 5.92 Å². The topological polar surface area (TPSA) is 103 Å². The fraction of sp³-hybridized carbons (Fsp3) is 0.647. The van der Waals surface area contributed by atoms with E-state index in [-0.39, 0.29) is 13.2 Å². The molecule has 2 aliphatic heterocycles. The molecule has 7 nitrogen and oxygen atoms in total. The summed E-state index contributed by atoms with van der Waals surface area (Å²) in [6, 6.07) is 6.62. The number of benzene rings is 1. The van der Waals surface area contributed by atoms with Crippen molar-refractivity contribution in [3.63, 3.8) is 0 Å². The number of aliphatic hydroxyl groups excluding tert-OH is 4. The molecule has 2 saturated heterocycles. The van der Waals surface area contributed by atoms with Crippen LogP contribution in [0.3, 0.4) is 0 Å². The summed E-state index contributed by atoms with van der Waals surface area (Å²) in [6.45, 7) is 1.98. The summed E-state index contributed by atoms with van der Waals surface area (Å²) in [7, 11) is 0. The number of nitrogens with zero attached hydrogens (tertiary/aromatic N) is 1. The molecule has 2 aliphatic rings. The van der Waals surface area contributed by atoms with Crippen LogP contribution in [0, 0.1) is 5.92 Å². The molecular formula is C17H25NO6. The third kappa shape index (κ3) is 3.65. The molecule has 0 radical (unpaired) electrons. The highest BCUT2D eigenvalue weighted by Gasteiger charge is 2.41. The number of anilines is 1. The van der Waals surface area contributed by atoms with Crippen molar-refractivity contribution in [2.45, 2.75) is 30.8 Å². The molecule has 0 aliphatic carbocycles. The molecular weight excluding hydrogens is 314 g/mol. The molecule has 3 rings (SSSR count). The van der Waals surface area contributed by atoms with Gasteiger partial charge in [-0.2, -0.15) is 0 Å². The predicted molar refractivity (Wildman–Crippen MR) is 87.1 cm³/mol. The third-order valence-corrected chi connectivity index (χ3v) is 4.79. The zero-order chi connectivity index (χ0) is 17.1. The van der Waals surface area contributed by atoms with Gasteiger partial charge >= 0.3 is 0 Å². The number of hydrogen-bond donors (Lipinski definition) is 4. The number of hydrogen-bond acceptors (Lipinski definition) is 7. The molecule has 134 valence electrons. The van der Waals surface area contributed by atoms with Crippen molar-refractivity contribution in [3.8, 4) is 5.75 Å². The van der Waals surface area contributed by atoms with E-state index in [4.69, 9.17) is 9.47 Å². The first-order chi connectivity index (χ1) is 11.6. The molecule has 24 heavy (non-hydrogen) atoms. The molecule has 0 spiro atoms. The van der Waals surface area contributed by atoms with Crippen molar-refractivity contribution in [2.75, 3.05) is 37.9 Å². The Kier molecular flexibility index (Phi) is 5.57. The summed E-state index contributed by atoms with van der Waals surface area (Å²) in [4.78, 5) is 1.71. The Balaban J connectivity index is 1.65. The molecule has 1 aromatic rings. The highest BCUT2D eigenvalue weighted by atomic mass is 16.5. The van der Waals surface area contributed by atoms with E-state index in [0.717, 1.165) is 31.1 Å². The zero-order valence-corrected chi connectivity index (χ0v) is 13.5. The van der Waals surface area contributed by atoms with Crippen LogP contribution in [0.1, 0.15) is 6.42 Å². The van der Waals surface area contributed by atoms with Gasteiger partial charge in [-0.1, -0.05) is 0 Å². The van der Waals surface area contributed by atoms with E-state index in [2.05, 4.69) is 0 Å². The number of rotatable bonds is 5. The second kappa shape index (κ2) is 7.67. The van der Waals surface area contributed by atoms with Gasteiger partial charge in [0.25, 0.3) is 0 Å². The van der Waals surface area contributed by atoms with Crippen molar-refractivity contribution in [1.82, 2.24) is 0 Å². The van der Waals surface area contributed by atoms with Crippen LogP contribution in [-0.2, 0) is 4.74 Å². The van der Waals surface area contributed by atoms with E-state index in [1.807, 2.05) is 24.3 Å². The Morgan fingerprint density at radius 1 is 1.12 bits per heavy atom.